The zero-order chi connectivity index (χ0) is 3.58. The molecular weight excluding hydrogens is 264 g/mol. The Balaban J connectivity index is 0. The summed E-state index contributed by atoms with van der Waals surface area (Å²) in [7, 11) is 0. The molecule has 0 aromatic heterocycles. The summed E-state index contributed by atoms with van der Waals surface area (Å²) in [6.07, 6.45) is -2.33. The molecule has 0 radical (unpaired) electrons. The average molecular weight is 264 g/mol. The Hall–Kier alpha value is 0.192. The van der Waals surface area contributed by atoms with E-state index >= 15 is 0 Å². The van der Waals surface area contributed by atoms with Crippen LogP contribution in [0.5, 0.6) is 0 Å². The molecule has 0 atom stereocenters. The minimum Gasteiger partial charge on any atom is -0.652 e. The first-order valence-corrected chi connectivity index (χ1v) is 0.612. The first-order chi connectivity index (χ1) is 1.73. The minimum absolute atomic E-state index is 0. The topological polar surface area (TPSA) is 63.2 Å². The molecule has 0 saturated carbocycles. The van der Waals surface area contributed by atoms with Crippen molar-refractivity contribution in [3.8, 4) is 0 Å². The molecule has 0 unspecified atom stereocenters. The van der Waals surface area contributed by atoms with Gasteiger partial charge in [-0.1, -0.05) is 0 Å². The van der Waals surface area contributed by atoms with Crippen molar-refractivity contribution in [2.75, 3.05) is 0 Å². The number of carbonyl (C=O) groups is 1. The molecular formula is CO3Tl-. The molecule has 0 saturated heterocycles. The van der Waals surface area contributed by atoms with Crippen molar-refractivity contribution >= 4 is 33.5 Å². The first kappa shape index (κ1) is 8.95. The summed E-state index contributed by atoms with van der Waals surface area (Å²) in [6.45, 7) is 0. The van der Waals surface area contributed by atoms with Crippen molar-refractivity contribution in [3.05, 3.63) is 0 Å². The third-order valence-electron chi connectivity index (χ3n) is 0. The van der Waals surface area contributed by atoms with Crippen LogP contribution in [0.15, 0.2) is 0 Å². The Morgan fingerprint density at radius 2 is 1.40 bits per heavy atom. The van der Waals surface area contributed by atoms with Gasteiger partial charge in [0, 0.05) is 0 Å². The number of carboxylic acid groups (broad SMARTS) is 2. The SMILES string of the molecule is O=C([O-])[O-].[Tl+]. The van der Waals surface area contributed by atoms with Gasteiger partial charge in [-0.2, -0.15) is 0 Å². The molecule has 5 heavy (non-hydrogen) atoms. The second-order valence-electron chi connectivity index (χ2n) is 0.250. The minimum atomic E-state index is -2.33. The number of hydrogen-bond acceptors (Lipinski definition) is 3. The van der Waals surface area contributed by atoms with Crippen LogP contribution in [-0.4, -0.2) is 33.5 Å². The summed E-state index contributed by atoms with van der Waals surface area (Å²) in [4.78, 5) is 8.33. The number of hydrogen-bond donors (Lipinski definition) is 0. The Morgan fingerprint density at radius 3 is 1.40 bits per heavy atom. The van der Waals surface area contributed by atoms with E-state index in [1.165, 1.54) is 0 Å². The first-order valence-electron chi connectivity index (χ1n) is 0.612. The third kappa shape index (κ3) is 546. The van der Waals surface area contributed by atoms with Crippen molar-refractivity contribution in [2.45, 2.75) is 0 Å². The van der Waals surface area contributed by atoms with Gasteiger partial charge in [0.1, 0.15) is 0 Å². The van der Waals surface area contributed by atoms with Crippen LogP contribution in [0, 0.1) is 0 Å². The molecule has 0 aromatic carbocycles. The van der Waals surface area contributed by atoms with Crippen LogP contribution in [0.3, 0.4) is 0 Å². The van der Waals surface area contributed by atoms with Crippen molar-refractivity contribution in [2.24, 2.45) is 0 Å². The predicted octanol–water partition coefficient (Wildman–Crippen LogP) is -2.83. The molecule has 0 fully saturated rings. The Bertz CT molecular complexity index is 29.9. The van der Waals surface area contributed by atoms with Crippen LogP contribution in [0.1, 0.15) is 0 Å². The van der Waals surface area contributed by atoms with Crippen LogP contribution in [-0.2, 0) is 0 Å². The van der Waals surface area contributed by atoms with Crippen LogP contribution in [0.25, 0.3) is 0 Å². The molecule has 0 bridgehead atoms. The molecule has 0 N–H and O–H groups in total. The van der Waals surface area contributed by atoms with Crippen molar-refractivity contribution in [1.82, 2.24) is 0 Å². The monoisotopic (exact) mass is 265 g/mol. The molecule has 0 aliphatic heterocycles. The number of carbonyl (C=O) groups excluding carboxylic acids is 1. The second kappa shape index (κ2) is 4.19. The van der Waals surface area contributed by atoms with Gasteiger partial charge >= 0.3 is 27.3 Å². The fourth-order valence-electron chi connectivity index (χ4n) is 0. The van der Waals surface area contributed by atoms with Gasteiger partial charge in [0.2, 0.25) is 0 Å². The fraction of sp³-hybridized carbons (Fsp3) is 0. The summed E-state index contributed by atoms with van der Waals surface area (Å²) in [5.74, 6) is 0. The molecule has 0 aromatic rings. The van der Waals surface area contributed by atoms with Crippen LogP contribution >= 0.6 is 0 Å². The molecule has 4 heteroatoms. The Morgan fingerprint density at radius 1 is 1.40 bits per heavy atom. The summed E-state index contributed by atoms with van der Waals surface area (Å²) in [6, 6.07) is 0. The molecule has 0 spiro atoms. The van der Waals surface area contributed by atoms with E-state index in [1.807, 2.05) is 0 Å². The van der Waals surface area contributed by atoms with E-state index in [1.54, 1.807) is 0 Å². The summed E-state index contributed by atoms with van der Waals surface area (Å²) >= 11 is 0. The molecule has 0 heterocycles. The average Bonchev–Trinajstić information content (AvgIpc) is 0.811. The molecule has 0 amide bonds. The van der Waals surface area contributed by atoms with Gasteiger partial charge < -0.3 is 15.0 Å². The standard InChI is InChI=1S/CH2O3.Tl/c2-1(3)4;/h(H2,2,3,4);/q;+1/p-2. The van der Waals surface area contributed by atoms with E-state index in [2.05, 4.69) is 0 Å². The van der Waals surface area contributed by atoms with Gasteiger partial charge in [0.15, 0.2) is 0 Å². The maximum atomic E-state index is 8.33. The van der Waals surface area contributed by atoms with Crippen molar-refractivity contribution < 1.29 is 15.0 Å². The van der Waals surface area contributed by atoms with Gasteiger partial charge in [-0.05, 0) is 6.16 Å². The quantitative estimate of drug-likeness (QED) is 0.443. The van der Waals surface area contributed by atoms with Gasteiger partial charge in [-0.25, -0.2) is 0 Å². The predicted molar refractivity (Wildman–Crippen MR) is 11.1 cm³/mol. The summed E-state index contributed by atoms with van der Waals surface area (Å²) < 4.78 is 0. The van der Waals surface area contributed by atoms with Gasteiger partial charge in [0.05, 0.1) is 0 Å². The molecule has 26 valence electrons. The zero-order valence-corrected chi connectivity index (χ0v) is 6.79. The molecule has 0 aliphatic carbocycles. The van der Waals surface area contributed by atoms with E-state index in [9.17, 15) is 0 Å². The van der Waals surface area contributed by atoms with Crippen LogP contribution in [0.4, 0.5) is 4.79 Å². The zero-order valence-electron chi connectivity index (χ0n) is 2.30. The van der Waals surface area contributed by atoms with Crippen molar-refractivity contribution in [3.63, 3.8) is 0 Å². The van der Waals surface area contributed by atoms with E-state index in [-0.39, 0.29) is 27.3 Å². The van der Waals surface area contributed by atoms with Gasteiger partial charge in [0.25, 0.3) is 0 Å². The largest absolute Gasteiger partial charge is 1.00 e. The summed E-state index contributed by atoms with van der Waals surface area (Å²) in [5.41, 5.74) is 0. The maximum Gasteiger partial charge on any atom is 1.00 e. The third-order valence-corrected chi connectivity index (χ3v) is 0. The van der Waals surface area contributed by atoms with E-state index in [4.69, 9.17) is 15.0 Å². The second-order valence-corrected chi connectivity index (χ2v) is 0.250. The fourth-order valence-corrected chi connectivity index (χ4v) is 0. The van der Waals surface area contributed by atoms with Crippen LogP contribution in [0.2, 0.25) is 0 Å². The summed E-state index contributed by atoms with van der Waals surface area (Å²) in [5, 5.41) is 16.7. The molecule has 3 nitrogen and oxygen atoms in total. The van der Waals surface area contributed by atoms with E-state index in [0.29, 0.717) is 0 Å². The Kier molecular flexibility index (Phi) is 7.51. The number of rotatable bonds is 0. The van der Waals surface area contributed by atoms with E-state index < -0.39 is 6.16 Å². The molecule has 0 rings (SSSR count). The smallest absolute Gasteiger partial charge is 0.652 e. The van der Waals surface area contributed by atoms with Gasteiger partial charge in [-0.3, -0.25) is 0 Å². The van der Waals surface area contributed by atoms with E-state index in [0.717, 1.165) is 0 Å². The normalized spacial score (nSPS) is 4.80. The van der Waals surface area contributed by atoms with Gasteiger partial charge in [-0.15, -0.1) is 0 Å². The van der Waals surface area contributed by atoms with Crippen molar-refractivity contribution in [1.29, 1.82) is 0 Å². The maximum absolute atomic E-state index is 8.33. The van der Waals surface area contributed by atoms with Crippen LogP contribution < -0.4 is 10.2 Å². The molecule has 0 aliphatic rings. The Labute approximate surface area is 48.8 Å².